The number of benzene rings is 2. The summed E-state index contributed by atoms with van der Waals surface area (Å²) in [6.45, 7) is 5.29. The van der Waals surface area contributed by atoms with Gasteiger partial charge in [-0.3, -0.25) is 9.98 Å². The van der Waals surface area contributed by atoms with Crippen molar-refractivity contribution in [3.8, 4) is 0 Å². The molecular weight excluding hydrogens is 622 g/mol. The minimum atomic E-state index is -0.183. The van der Waals surface area contributed by atoms with Crippen molar-refractivity contribution in [2.75, 3.05) is 37.9 Å². The lowest BCUT2D eigenvalue weighted by molar-refractivity contribution is 0.00999. The van der Waals surface area contributed by atoms with E-state index in [2.05, 4.69) is 81.2 Å². The highest BCUT2D eigenvalue weighted by Crippen LogP contribution is 2.47. The summed E-state index contributed by atoms with van der Waals surface area (Å²) < 4.78 is 13.5. The van der Waals surface area contributed by atoms with Crippen LogP contribution in [0.4, 0.5) is 0 Å². The van der Waals surface area contributed by atoms with Gasteiger partial charge in [0.05, 0.1) is 29.3 Å². The summed E-state index contributed by atoms with van der Waals surface area (Å²) in [6.07, 6.45) is 1.90. The Morgan fingerprint density at radius 1 is 0.833 bits per heavy atom. The number of fused-ring (bicyclic) bond motifs is 2. The van der Waals surface area contributed by atoms with Crippen LogP contribution in [0.3, 0.4) is 0 Å². The van der Waals surface area contributed by atoms with E-state index in [-0.39, 0.29) is 11.1 Å². The minimum Gasteiger partial charge on any atom is -0.381 e. The molecule has 5 nitrogen and oxygen atoms in total. The molecule has 36 heavy (non-hydrogen) atoms. The molecule has 4 atom stereocenters. The lowest BCUT2D eigenvalue weighted by Crippen LogP contribution is -2.46. The van der Waals surface area contributed by atoms with Gasteiger partial charge < -0.3 is 15.2 Å². The van der Waals surface area contributed by atoms with Crippen molar-refractivity contribution in [2.45, 2.75) is 30.8 Å². The fraction of sp³-hybridized carbons (Fsp3) is 0.481. The van der Waals surface area contributed by atoms with Crippen molar-refractivity contribution in [3.63, 3.8) is 0 Å². The van der Waals surface area contributed by atoms with Crippen LogP contribution < -0.4 is 5.73 Å². The van der Waals surface area contributed by atoms with E-state index in [4.69, 9.17) is 25.2 Å². The normalized spacial score (nSPS) is 31.6. The van der Waals surface area contributed by atoms with Crippen LogP contribution in [-0.4, -0.2) is 48.1 Å². The van der Waals surface area contributed by atoms with Crippen molar-refractivity contribution >= 4 is 65.6 Å². The number of hydrogen-bond donors (Lipinski definition) is 1. The molecule has 0 amide bonds. The van der Waals surface area contributed by atoms with Crippen LogP contribution in [0, 0.1) is 11.8 Å². The molecule has 0 unspecified atom stereocenters. The topological polar surface area (TPSA) is 69.2 Å². The van der Waals surface area contributed by atoms with Gasteiger partial charge in [0.1, 0.15) is 0 Å². The second kappa shape index (κ2) is 11.5. The average molecular weight is 654 g/mol. The zero-order chi connectivity index (χ0) is 25.2. The van der Waals surface area contributed by atoms with Gasteiger partial charge in [-0.05, 0) is 42.3 Å². The van der Waals surface area contributed by atoms with Crippen molar-refractivity contribution in [1.82, 2.24) is 0 Å². The minimum absolute atomic E-state index is 0.0582. The molecule has 4 aliphatic heterocycles. The largest absolute Gasteiger partial charge is 0.381 e. The number of halogens is 2. The molecule has 2 N–H and O–H groups in total. The highest BCUT2D eigenvalue weighted by molar-refractivity contribution is 9.10. The average Bonchev–Trinajstić information content (AvgIpc) is 2.89. The van der Waals surface area contributed by atoms with Crippen molar-refractivity contribution < 1.29 is 9.47 Å². The maximum absolute atomic E-state index is 5.96. The molecule has 2 aromatic rings. The van der Waals surface area contributed by atoms with Crippen LogP contribution in [-0.2, 0) is 20.6 Å². The van der Waals surface area contributed by atoms with Crippen molar-refractivity contribution in [1.29, 1.82) is 0 Å². The van der Waals surface area contributed by atoms with Crippen molar-refractivity contribution in [3.05, 3.63) is 68.6 Å². The first-order chi connectivity index (χ1) is 17.4. The summed E-state index contributed by atoms with van der Waals surface area (Å²) >= 11 is 10.6. The third-order valence-electron chi connectivity index (χ3n) is 7.49. The second-order valence-electron chi connectivity index (χ2n) is 9.62. The Balaban J connectivity index is 0.000000148. The maximum Gasteiger partial charge on any atom is 0.154 e. The zero-order valence-electron chi connectivity index (χ0n) is 20.3. The second-order valence-corrected chi connectivity index (χ2v) is 13.7. The van der Waals surface area contributed by atoms with Crippen LogP contribution in [0.5, 0.6) is 0 Å². The van der Waals surface area contributed by atoms with Gasteiger partial charge in [0.2, 0.25) is 0 Å². The molecule has 0 spiro atoms. The molecule has 2 saturated heterocycles. The van der Waals surface area contributed by atoms with E-state index in [0.717, 1.165) is 59.7 Å². The molecule has 2 fully saturated rings. The third-order valence-corrected chi connectivity index (χ3v) is 10.5. The molecule has 192 valence electrons. The lowest BCUT2D eigenvalue weighted by Gasteiger charge is -2.44. The highest BCUT2D eigenvalue weighted by atomic mass is 79.9. The summed E-state index contributed by atoms with van der Waals surface area (Å²) in [5, 5.41) is 1.90. The molecule has 4 heterocycles. The van der Waals surface area contributed by atoms with Gasteiger partial charge in [-0.25, -0.2) is 0 Å². The predicted octanol–water partition coefficient (Wildman–Crippen LogP) is 6.59. The van der Waals surface area contributed by atoms with Gasteiger partial charge in [-0.2, -0.15) is 0 Å². The predicted molar refractivity (Wildman–Crippen MR) is 159 cm³/mol. The van der Waals surface area contributed by atoms with E-state index in [0.29, 0.717) is 17.0 Å². The third kappa shape index (κ3) is 5.47. The molecule has 9 heteroatoms. The van der Waals surface area contributed by atoms with Crippen LogP contribution >= 0.6 is 55.4 Å². The van der Waals surface area contributed by atoms with Crippen LogP contribution in [0.1, 0.15) is 30.9 Å². The van der Waals surface area contributed by atoms with E-state index < -0.39 is 0 Å². The highest BCUT2D eigenvalue weighted by Gasteiger charge is 2.46. The van der Waals surface area contributed by atoms with Gasteiger partial charge in [0.15, 0.2) is 5.17 Å². The first-order valence-corrected chi connectivity index (χ1v) is 15.8. The molecule has 0 saturated carbocycles. The molecule has 4 aliphatic rings. The number of ether oxygens (including phenoxy) is 2. The van der Waals surface area contributed by atoms with E-state index in [9.17, 15) is 0 Å². The Morgan fingerprint density at radius 3 is 1.92 bits per heavy atom. The standard InChI is InChI=1S/C14H16BrNOS.C13H15BrN2OS/c1-10-16-14(11-3-2-4-13(15)7-11)5-6-17-8-12(14)9-18-10;14-11-3-1-2-9(6-11)13-4-5-17-7-10(13)8-18-12(15)16-13/h2-4,7,12H,5-6,8-9H2,1H3;1-3,6,10H,4-5,7-8H2,(H2,15,16)/t12-,14+;10-,13+/m01/s1. The number of rotatable bonds is 2. The Morgan fingerprint density at radius 2 is 1.36 bits per heavy atom. The van der Waals surface area contributed by atoms with Gasteiger partial charge >= 0.3 is 0 Å². The Kier molecular flexibility index (Phi) is 8.54. The van der Waals surface area contributed by atoms with Crippen LogP contribution in [0.25, 0.3) is 0 Å². The number of amidine groups is 1. The number of nitrogens with two attached hydrogens (primary N) is 1. The summed E-state index contributed by atoms with van der Waals surface area (Å²) in [7, 11) is 0. The van der Waals surface area contributed by atoms with Gasteiger partial charge in [0, 0.05) is 58.3 Å². The summed E-state index contributed by atoms with van der Waals surface area (Å²) in [5.74, 6) is 3.01. The van der Waals surface area contributed by atoms with E-state index in [1.807, 2.05) is 17.8 Å². The number of thioether (sulfide) groups is 2. The molecule has 2 aromatic carbocycles. The SMILES string of the molecule is CC1=N[C@@]2(c3cccc(Br)c3)CCOC[C@H]2CS1.NC1=N[C@]2(c3cccc(Br)c3)CCOC[C@@H]2CS1. The van der Waals surface area contributed by atoms with Crippen LogP contribution in [0.2, 0.25) is 0 Å². The van der Waals surface area contributed by atoms with Gasteiger partial charge in [-0.1, -0.05) is 67.9 Å². The molecular formula is C27H31Br2N3O2S2. The molecule has 0 radical (unpaired) electrons. The Bertz CT molecular complexity index is 1070. The Hall–Kier alpha value is -0.840. The maximum atomic E-state index is 5.96. The van der Waals surface area contributed by atoms with Crippen molar-refractivity contribution in [2.24, 2.45) is 27.6 Å². The fourth-order valence-corrected chi connectivity index (χ4v) is 8.42. The molecule has 0 aliphatic carbocycles. The summed E-state index contributed by atoms with van der Waals surface area (Å²) in [6, 6.07) is 17.0. The van der Waals surface area contributed by atoms with Crippen LogP contribution in [0.15, 0.2) is 67.5 Å². The monoisotopic (exact) mass is 651 g/mol. The lowest BCUT2D eigenvalue weighted by atomic mass is 9.76. The fourth-order valence-electron chi connectivity index (χ4n) is 5.61. The first-order valence-electron chi connectivity index (χ1n) is 12.3. The van der Waals surface area contributed by atoms with Gasteiger partial charge in [0.25, 0.3) is 0 Å². The number of aliphatic imine (C=N–C) groups is 2. The summed E-state index contributed by atoms with van der Waals surface area (Å²) in [4.78, 5) is 9.83. The van der Waals surface area contributed by atoms with E-state index in [1.54, 1.807) is 11.8 Å². The number of nitrogens with zero attached hydrogens (tertiary/aromatic N) is 2. The summed E-state index contributed by atoms with van der Waals surface area (Å²) in [5.41, 5.74) is 8.29. The Labute approximate surface area is 238 Å². The molecule has 0 bridgehead atoms. The van der Waals surface area contributed by atoms with E-state index >= 15 is 0 Å². The first kappa shape index (κ1) is 26.8. The molecule has 6 rings (SSSR count). The van der Waals surface area contributed by atoms with Gasteiger partial charge in [-0.15, -0.1) is 11.8 Å². The zero-order valence-corrected chi connectivity index (χ0v) is 25.1. The number of hydrogen-bond acceptors (Lipinski definition) is 7. The molecule has 0 aromatic heterocycles. The quantitative estimate of drug-likeness (QED) is 0.397. The van der Waals surface area contributed by atoms with E-state index in [1.165, 1.54) is 16.2 Å². The smallest absolute Gasteiger partial charge is 0.154 e.